The third-order valence-electron chi connectivity index (χ3n) is 5.51. The normalized spacial score (nSPS) is 26.0. The Morgan fingerprint density at radius 3 is 2.67 bits per heavy atom. The van der Waals surface area contributed by atoms with Gasteiger partial charge < -0.3 is 10.0 Å². The van der Waals surface area contributed by atoms with Gasteiger partial charge in [0.15, 0.2) is 5.76 Å². The van der Waals surface area contributed by atoms with E-state index in [4.69, 9.17) is 5.10 Å². The fraction of sp³-hybridized carbons (Fsp3) is 0.368. The van der Waals surface area contributed by atoms with Gasteiger partial charge in [0.25, 0.3) is 5.91 Å². The number of carbonyl (C=O) groups excluding carboxylic acids is 1. The molecule has 0 radical (unpaired) electrons. The Kier molecular flexibility index (Phi) is 3.10. The molecule has 1 N–H and O–H groups in total. The maximum Gasteiger partial charge on any atom is 0.288 e. The highest BCUT2D eigenvalue weighted by molar-refractivity contribution is 5.93. The molecule has 5 nitrogen and oxygen atoms in total. The minimum absolute atomic E-state index is 0.0203. The minimum atomic E-state index is -0.467. The zero-order valence-corrected chi connectivity index (χ0v) is 14.2. The number of hydrogen-bond acceptors (Lipinski definition) is 3. The molecule has 1 aromatic heterocycles. The van der Waals surface area contributed by atoms with Crippen LogP contribution in [0.5, 0.6) is 0 Å². The summed E-state index contributed by atoms with van der Waals surface area (Å²) in [6.07, 6.45) is 3.43. The molecule has 0 saturated carbocycles. The molecule has 0 spiro atoms. The van der Waals surface area contributed by atoms with Crippen molar-refractivity contribution in [1.82, 2.24) is 14.7 Å². The van der Waals surface area contributed by atoms with Crippen molar-refractivity contribution >= 4 is 5.91 Å². The zero-order chi connectivity index (χ0) is 17.1. The molecular formula is C19H21N3O2. The van der Waals surface area contributed by atoms with Gasteiger partial charge in [-0.3, -0.25) is 9.48 Å². The number of aryl methyl sites for hydroxylation is 1. The number of amides is 1. The molecule has 2 aromatic rings. The van der Waals surface area contributed by atoms with Crippen LogP contribution in [0.1, 0.15) is 24.6 Å². The number of carbonyl (C=O) groups is 1. The number of aliphatic hydroxyl groups excluding tert-OH is 1. The van der Waals surface area contributed by atoms with Crippen molar-refractivity contribution < 1.29 is 9.90 Å². The molecule has 5 heteroatoms. The van der Waals surface area contributed by atoms with E-state index in [1.807, 2.05) is 29.9 Å². The topological polar surface area (TPSA) is 58.4 Å². The van der Waals surface area contributed by atoms with Gasteiger partial charge in [-0.25, -0.2) is 0 Å². The average molecular weight is 323 g/mol. The molecule has 2 atom stereocenters. The van der Waals surface area contributed by atoms with Gasteiger partial charge >= 0.3 is 0 Å². The van der Waals surface area contributed by atoms with Crippen LogP contribution in [0.15, 0.2) is 42.2 Å². The summed E-state index contributed by atoms with van der Waals surface area (Å²) in [5, 5.41) is 14.9. The second-order valence-electron chi connectivity index (χ2n) is 6.95. The van der Waals surface area contributed by atoms with E-state index in [0.29, 0.717) is 0 Å². The van der Waals surface area contributed by atoms with E-state index in [1.54, 1.807) is 18.0 Å². The molecule has 0 fully saturated rings. The minimum Gasteiger partial charge on any atom is -0.503 e. The van der Waals surface area contributed by atoms with Crippen molar-refractivity contribution in [3.05, 3.63) is 53.4 Å². The van der Waals surface area contributed by atoms with Crippen LogP contribution in [0.25, 0.3) is 11.3 Å². The molecule has 24 heavy (non-hydrogen) atoms. The summed E-state index contributed by atoms with van der Waals surface area (Å²) in [5.74, 6) is -0.490. The van der Waals surface area contributed by atoms with Crippen molar-refractivity contribution in [3.63, 3.8) is 0 Å². The highest BCUT2D eigenvalue weighted by atomic mass is 16.3. The monoisotopic (exact) mass is 323 g/mol. The molecule has 1 aromatic carbocycles. The molecule has 0 saturated heterocycles. The third-order valence-corrected chi connectivity index (χ3v) is 5.51. The summed E-state index contributed by atoms with van der Waals surface area (Å²) in [6, 6.07) is 10.3. The third kappa shape index (κ3) is 1.87. The first-order chi connectivity index (χ1) is 11.4. The number of fused-ring (bicyclic) bond motifs is 3. The Morgan fingerprint density at radius 2 is 1.96 bits per heavy atom. The van der Waals surface area contributed by atoms with Crippen molar-refractivity contribution in [2.45, 2.75) is 31.2 Å². The first kappa shape index (κ1) is 15.0. The van der Waals surface area contributed by atoms with Crippen LogP contribution in [0.3, 0.4) is 0 Å². The van der Waals surface area contributed by atoms with Crippen molar-refractivity contribution in [1.29, 1.82) is 0 Å². The molecule has 2 heterocycles. The SMILES string of the molecule is CN1C(=O)C(O)=C[C@]2(C)c3nn(C)c(-c4ccccc4)c3CC[C@@H]12. The maximum absolute atomic E-state index is 12.1. The van der Waals surface area contributed by atoms with Gasteiger partial charge in [-0.15, -0.1) is 0 Å². The number of hydrogen-bond donors (Lipinski definition) is 1. The second kappa shape index (κ2) is 4.97. The number of aromatic nitrogens is 2. The first-order valence-corrected chi connectivity index (χ1v) is 8.24. The second-order valence-corrected chi connectivity index (χ2v) is 6.95. The Morgan fingerprint density at radius 1 is 1.25 bits per heavy atom. The lowest BCUT2D eigenvalue weighted by atomic mass is 9.68. The van der Waals surface area contributed by atoms with Gasteiger partial charge in [0.05, 0.1) is 16.8 Å². The smallest absolute Gasteiger partial charge is 0.288 e. The zero-order valence-electron chi connectivity index (χ0n) is 14.2. The average Bonchev–Trinajstić information content (AvgIpc) is 2.91. The van der Waals surface area contributed by atoms with E-state index in [1.165, 1.54) is 5.56 Å². The molecular weight excluding hydrogens is 302 g/mol. The fourth-order valence-electron chi connectivity index (χ4n) is 4.36. The molecule has 124 valence electrons. The Labute approximate surface area is 141 Å². The Balaban J connectivity index is 1.93. The Bertz CT molecular complexity index is 853. The van der Waals surface area contributed by atoms with Gasteiger partial charge in [0.1, 0.15) is 0 Å². The number of nitrogens with zero attached hydrogens (tertiary/aromatic N) is 3. The predicted molar refractivity (Wildman–Crippen MR) is 91.6 cm³/mol. The largest absolute Gasteiger partial charge is 0.503 e. The van der Waals surface area contributed by atoms with E-state index in [-0.39, 0.29) is 17.7 Å². The van der Waals surface area contributed by atoms with Crippen LogP contribution in [-0.4, -0.2) is 38.8 Å². The van der Waals surface area contributed by atoms with E-state index in [9.17, 15) is 9.90 Å². The lowest BCUT2D eigenvalue weighted by Crippen LogP contribution is -2.55. The number of benzene rings is 1. The van der Waals surface area contributed by atoms with Crippen LogP contribution >= 0.6 is 0 Å². The highest BCUT2D eigenvalue weighted by Crippen LogP contribution is 2.45. The predicted octanol–water partition coefficient (Wildman–Crippen LogP) is 2.57. The van der Waals surface area contributed by atoms with Crippen LogP contribution < -0.4 is 0 Å². The lowest BCUT2D eigenvalue weighted by molar-refractivity contribution is -0.133. The van der Waals surface area contributed by atoms with Crippen LogP contribution in [0.2, 0.25) is 0 Å². The number of rotatable bonds is 1. The molecule has 1 aliphatic heterocycles. The Hall–Kier alpha value is -2.56. The summed E-state index contributed by atoms with van der Waals surface area (Å²) in [7, 11) is 3.72. The van der Waals surface area contributed by atoms with E-state index >= 15 is 0 Å². The van der Waals surface area contributed by atoms with Crippen molar-refractivity contribution in [3.8, 4) is 11.3 Å². The van der Waals surface area contributed by atoms with Gasteiger partial charge in [-0.1, -0.05) is 30.3 Å². The summed E-state index contributed by atoms with van der Waals surface area (Å²) >= 11 is 0. The molecule has 0 bridgehead atoms. The fourth-order valence-corrected chi connectivity index (χ4v) is 4.36. The molecule has 1 aliphatic carbocycles. The van der Waals surface area contributed by atoms with Gasteiger partial charge in [-0.05, 0) is 25.8 Å². The van der Waals surface area contributed by atoms with Gasteiger partial charge in [0.2, 0.25) is 0 Å². The van der Waals surface area contributed by atoms with E-state index in [0.717, 1.165) is 29.8 Å². The van der Waals surface area contributed by atoms with Gasteiger partial charge in [-0.2, -0.15) is 5.10 Å². The van der Waals surface area contributed by atoms with E-state index in [2.05, 4.69) is 19.1 Å². The molecule has 2 aliphatic rings. The van der Waals surface area contributed by atoms with Gasteiger partial charge in [0, 0.05) is 31.3 Å². The summed E-state index contributed by atoms with van der Waals surface area (Å²) < 4.78 is 1.93. The highest BCUT2D eigenvalue weighted by Gasteiger charge is 2.49. The maximum atomic E-state index is 12.1. The number of aliphatic hydroxyl groups is 1. The molecule has 4 rings (SSSR count). The van der Waals surface area contributed by atoms with E-state index < -0.39 is 5.41 Å². The quantitative estimate of drug-likeness (QED) is 0.877. The standard InChI is InChI=1S/C19H21N3O2/c1-19-11-14(23)18(24)21(2)15(19)10-9-13-16(22(3)20-17(13)19)12-7-5-4-6-8-12/h4-8,11,15,23H,9-10H2,1-3H3/t15-,19+/m1/s1. The number of likely N-dealkylation sites (N-methyl/N-ethyl adjacent to an activating group) is 1. The van der Waals surface area contributed by atoms with Crippen LogP contribution in [0, 0.1) is 0 Å². The van der Waals surface area contributed by atoms with Crippen LogP contribution in [0.4, 0.5) is 0 Å². The van der Waals surface area contributed by atoms with Crippen molar-refractivity contribution in [2.75, 3.05) is 7.05 Å². The van der Waals surface area contributed by atoms with Crippen LogP contribution in [-0.2, 0) is 23.7 Å². The molecule has 0 unspecified atom stereocenters. The van der Waals surface area contributed by atoms with Crippen molar-refractivity contribution in [2.24, 2.45) is 7.05 Å². The molecule has 1 amide bonds. The summed E-state index contributed by atoms with van der Waals surface area (Å²) in [6.45, 7) is 2.07. The summed E-state index contributed by atoms with van der Waals surface area (Å²) in [4.78, 5) is 13.8. The summed E-state index contributed by atoms with van der Waals surface area (Å²) in [5.41, 5.74) is 3.98. The lowest BCUT2D eigenvalue weighted by Gasteiger charge is -2.46. The first-order valence-electron chi connectivity index (χ1n) is 8.24.